The zero-order valence-corrected chi connectivity index (χ0v) is 21.2. The minimum Gasteiger partial charge on any atom is -0.322 e. The van der Waals surface area contributed by atoms with Crippen molar-refractivity contribution >= 4 is 79.4 Å². The number of benzene rings is 3. The Morgan fingerprint density at radius 2 is 1.74 bits per heavy atom. The molecule has 1 heterocycles. The van der Waals surface area contributed by atoms with Crippen LogP contribution in [0.15, 0.2) is 65.8 Å². The van der Waals surface area contributed by atoms with Crippen molar-refractivity contribution in [3.8, 4) is 0 Å². The van der Waals surface area contributed by atoms with Gasteiger partial charge in [0.15, 0.2) is 0 Å². The molecule has 0 aliphatic carbocycles. The molecule has 2 N–H and O–H groups in total. The van der Waals surface area contributed by atoms with Gasteiger partial charge in [0.2, 0.25) is 0 Å². The summed E-state index contributed by atoms with van der Waals surface area (Å²) < 4.78 is 0.945. The average Bonchev–Trinajstić information content (AvgIpc) is 3.12. The quantitative estimate of drug-likeness (QED) is 0.206. The number of aryl methyl sites for hydroxylation is 1. The fourth-order valence-corrected chi connectivity index (χ4v) is 5.26. The zero-order chi connectivity index (χ0) is 24.4. The van der Waals surface area contributed by atoms with E-state index in [1.165, 1.54) is 17.4 Å². The van der Waals surface area contributed by atoms with Gasteiger partial charge in [0.1, 0.15) is 4.88 Å². The molecule has 0 saturated carbocycles. The minimum atomic E-state index is -0.384. The number of hydrogen-bond acceptors (Lipinski definition) is 4. The summed E-state index contributed by atoms with van der Waals surface area (Å²) in [6, 6.07) is 17.6. The predicted octanol–water partition coefficient (Wildman–Crippen LogP) is 7.58. The lowest BCUT2D eigenvalue weighted by Gasteiger charge is -2.09. The average molecular weight is 531 g/mol. The number of carbonyl (C=O) groups is 2. The van der Waals surface area contributed by atoms with Crippen LogP contribution in [-0.4, -0.2) is 17.5 Å². The normalized spacial score (nSPS) is 11.5. The Morgan fingerprint density at radius 1 is 0.941 bits per heavy atom. The van der Waals surface area contributed by atoms with E-state index in [0.29, 0.717) is 31.9 Å². The minimum absolute atomic E-state index is 0.261. The molecule has 0 saturated heterocycles. The molecule has 0 fully saturated rings. The first-order valence-electron chi connectivity index (χ1n) is 10.1. The van der Waals surface area contributed by atoms with Crippen LogP contribution in [-0.2, 0) is 0 Å². The molecular formula is C25H18Cl3N3O2S. The van der Waals surface area contributed by atoms with E-state index in [-0.39, 0.29) is 16.8 Å². The van der Waals surface area contributed by atoms with E-state index in [0.717, 1.165) is 21.2 Å². The maximum absolute atomic E-state index is 12.7. The van der Waals surface area contributed by atoms with Crippen molar-refractivity contribution in [3.05, 3.63) is 97.3 Å². The van der Waals surface area contributed by atoms with E-state index in [2.05, 4.69) is 15.8 Å². The standard InChI is InChI=1S/C25H18Cl3N3O2S/c1-13-6-8-19-21(10-13)34-23(22(19)28)25(33)31-30-14(2)15-4-3-5-17(11-15)29-24(32)18-9-7-16(26)12-20(18)27/h3-12H,1-2H3,(H,29,32)(H,31,33). The highest BCUT2D eigenvalue weighted by Gasteiger charge is 2.17. The van der Waals surface area contributed by atoms with E-state index in [1.807, 2.05) is 31.2 Å². The fourth-order valence-electron chi connectivity index (χ4n) is 3.26. The Balaban J connectivity index is 1.49. The number of nitrogens with zero attached hydrogens (tertiary/aromatic N) is 1. The second kappa shape index (κ2) is 10.2. The number of anilines is 1. The molecule has 0 bridgehead atoms. The van der Waals surface area contributed by atoms with Gasteiger partial charge in [-0.1, -0.05) is 59.1 Å². The third kappa shape index (κ3) is 5.26. The topological polar surface area (TPSA) is 70.6 Å². The number of fused-ring (bicyclic) bond motifs is 1. The van der Waals surface area contributed by atoms with Crippen LogP contribution in [0.5, 0.6) is 0 Å². The number of amides is 2. The van der Waals surface area contributed by atoms with E-state index >= 15 is 0 Å². The number of carbonyl (C=O) groups excluding carboxylic acids is 2. The molecule has 0 radical (unpaired) electrons. The molecule has 0 spiro atoms. The molecule has 4 aromatic rings. The maximum atomic E-state index is 12.7. The first-order chi connectivity index (χ1) is 16.2. The molecule has 3 aromatic carbocycles. The number of nitrogens with one attached hydrogen (secondary N) is 2. The summed E-state index contributed by atoms with van der Waals surface area (Å²) in [5, 5.41) is 8.99. The monoisotopic (exact) mass is 529 g/mol. The van der Waals surface area contributed by atoms with Gasteiger partial charge in [-0.25, -0.2) is 5.43 Å². The highest BCUT2D eigenvalue weighted by Crippen LogP contribution is 2.35. The smallest absolute Gasteiger partial charge is 0.283 e. The molecule has 5 nitrogen and oxygen atoms in total. The van der Waals surface area contributed by atoms with Crippen molar-refractivity contribution in [2.24, 2.45) is 5.10 Å². The number of halogens is 3. The molecule has 172 valence electrons. The van der Waals surface area contributed by atoms with Gasteiger partial charge in [0, 0.05) is 20.8 Å². The van der Waals surface area contributed by atoms with Crippen LogP contribution in [0.3, 0.4) is 0 Å². The summed E-state index contributed by atoms with van der Waals surface area (Å²) in [5.41, 5.74) is 5.81. The van der Waals surface area contributed by atoms with E-state index in [4.69, 9.17) is 34.8 Å². The van der Waals surface area contributed by atoms with Crippen LogP contribution in [0.4, 0.5) is 5.69 Å². The Hall–Kier alpha value is -2.90. The molecule has 0 atom stereocenters. The zero-order valence-electron chi connectivity index (χ0n) is 18.1. The lowest BCUT2D eigenvalue weighted by Crippen LogP contribution is -2.18. The van der Waals surface area contributed by atoms with Gasteiger partial charge < -0.3 is 5.32 Å². The first-order valence-corrected chi connectivity index (χ1v) is 12.1. The van der Waals surface area contributed by atoms with Crippen molar-refractivity contribution in [2.45, 2.75) is 13.8 Å². The van der Waals surface area contributed by atoms with Gasteiger partial charge in [0.25, 0.3) is 11.8 Å². The largest absolute Gasteiger partial charge is 0.322 e. The van der Waals surface area contributed by atoms with Crippen molar-refractivity contribution in [2.75, 3.05) is 5.32 Å². The third-order valence-corrected chi connectivity index (χ3v) is 7.23. The molecule has 34 heavy (non-hydrogen) atoms. The number of thiophene rings is 1. The van der Waals surface area contributed by atoms with Crippen LogP contribution in [0.1, 0.15) is 38.1 Å². The van der Waals surface area contributed by atoms with Crippen LogP contribution in [0.2, 0.25) is 15.1 Å². The van der Waals surface area contributed by atoms with Crippen molar-refractivity contribution in [3.63, 3.8) is 0 Å². The molecule has 0 aliphatic rings. The number of hydrazone groups is 1. The van der Waals surface area contributed by atoms with Gasteiger partial charge in [-0.2, -0.15) is 5.10 Å². The lowest BCUT2D eigenvalue weighted by atomic mass is 10.1. The molecule has 9 heteroatoms. The van der Waals surface area contributed by atoms with Gasteiger partial charge in [0.05, 0.1) is 21.3 Å². The predicted molar refractivity (Wildman–Crippen MR) is 142 cm³/mol. The van der Waals surface area contributed by atoms with E-state index < -0.39 is 0 Å². The SMILES string of the molecule is CC(=NNC(=O)c1sc2cc(C)ccc2c1Cl)c1cccc(NC(=O)c2ccc(Cl)cc2Cl)c1. The van der Waals surface area contributed by atoms with Crippen LogP contribution in [0.25, 0.3) is 10.1 Å². The van der Waals surface area contributed by atoms with Crippen LogP contribution in [0, 0.1) is 6.92 Å². The summed E-state index contributed by atoms with van der Waals surface area (Å²) in [6.45, 7) is 3.74. The molecular weight excluding hydrogens is 513 g/mol. The highest BCUT2D eigenvalue weighted by molar-refractivity contribution is 7.21. The summed E-state index contributed by atoms with van der Waals surface area (Å²) in [4.78, 5) is 25.7. The van der Waals surface area contributed by atoms with Crippen LogP contribution < -0.4 is 10.7 Å². The second-order valence-electron chi connectivity index (χ2n) is 7.54. The van der Waals surface area contributed by atoms with Crippen LogP contribution >= 0.6 is 46.1 Å². The van der Waals surface area contributed by atoms with Gasteiger partial charge in [-0.3, -0.25) is 9.59 Å². The molecule has 0 unspecified atom stereocenters. The van der Waals surface area contributed by atoms with Gasteiger partial charge >= 0.3 is 0 Å². The molecule has 0 aliphatic heterocycles. The Bertz CT molecular complexity index is 1460. The lowest BCUT2D eigenvalue weighted by molar-refractivity contribution is 0.0958. The maximum Gasteiger partial charge on any atom is 0.283 e. The molecule has 2 amide bonds. The van der Waals surface area contributed by atoms with Crippen molar-refractivity contribution < 1.29 is 9.59 Å². The first kappa shape index (κ1) is 24.2. The third-order valence-electron chi connectivity index (χ3n) is 5.03. The Labute approximate surface area is 215 Å². The highest BCUT2D eigenvalue weighted by atomic mass is 35.5. The summed E-state index contributed by atoms with van der Waals surface area (Å²) >= 11 is 19.8. The summed E-state index contributed by atoms with van der Waals surface area (Å²) in [7, 11) is 0. The van der Waals surface area contributed by atoms with Gasteiger partial charge in [-0.05, 0) is 61.4 Å². The van der Waals surface area contributed by atoms with Crippen molar-refractivity contribution in [1.29, 1.82) is 0 Å². The summed E-state index contributed by atoms with van der Waals surface area (Å²) in [6.07, 6.45) is 0. The summed E-state index contributed by atoms with van der Waals surface area (Å²) in [5.74, 6) is -0.749. The van der Waals surface area contributed by atoms with Gasteiger partial charge in [-0.15, -0.1) is 11.3 Å². The molecule has 1 aromatic heterocycles. The number of rotatable bonds is 5. The van der Waals surface area contributed by atoms with Crippen molar-refractivity contribution in [1.82, 2.24) is 5.43 Å². The Morgan fingerprint density at radius 3 is 2.50 bits per heavy atom. The number of hydrogen-bond donors (Lipinski definition) is 2. The Kier molecular flexibility index (Phi) is 7.24. The fraction of sp³-hybridized carbons (Fsp3) is 0.0800. The molecule has 4 rings (SSSR count). The van der Waals surface area contributed by atoms with E-state index in [1.54, 1.807) is 37.3 Å². The second-order valence-corrected chi connectivity index (χ2v) is 9.82. The van der Waals surface area contributed by atoms with E-state index in [9.17, 15) is 9.59 Å².